The van der Waals surface area contributed by atoms with Crippen LogP contribution in [0.5, 0.6) is 0 Å². The van der Waals surface area contributed by atoms with Gasteiger partial charge < -0.3 is 9.80 Å². The minimum atomic E-state index is -0.176. The maximum absolute atomic E-state index is 13.0. The molecule has 30 heavy (non-hydrogen) atoms. The Balaban J connectivity index is 1.36. The molecule has 3 aromatic rings. The molecule has 1 amide bonds. The topological polar surface area (TPSA) is 58.4 Å². The predicted octanol–water partition coefficient (Wildman–Crippen LogP) is 3.03. The van der Waals surface area contributed by atoms with Gasteiger partial charge in [0, 0.05) is 37.8 Å². The van der Waals surface area contributed by atoms with E-state index in [0.717, 1.165) is 44.7 Å². The molecule has 2 aliphatic heterocycles. The zero-order valence-electron chi connectivity index (χ0n) is 16.8. The maximum Gasteiger partial charge on any atom is 0.271 e. The molecule has 2 aliphatic rings. The molecule has 0 N–H and O–H groups in total. The summed E-state index contributed by atoms with van der Waals surface area (Å²) in [4.78, 5) is 29.4. The van der Waals surface area contributed by atoms with Gasteiger partial charge in [-0.05, 0) is 60.7 Å². The lowest BCUT2D eigenvalue weighted by molar-refractivity contribution is 0.0734. The normalized spacial score (nSPS) is 15.9. The van der Waals surface area contributed by atoms with Crippen molar-refractivity contribution in [1.82, 2.24) is 14.7 Å². The molecule has 0 saturated carbocycles. The second-order valence-corrected chi connectivity index (χ2v) is 7.93. The average Bonchev–Trinajstić information content (AvgIpc) is 3.34. The summed E-state index contributed by atoms with van der Waals surface area (Å²) in [5.41, 5.74) is 3.65. The highest BCUT2D eigenvalue weighted by Crippen LogP contribution is 2.21. The highest BCUT2D eigenvalue weighted by atomic mass is 16.2. The van der Waals surface area contributed by atoms with Crippen molar-refractivity contribution in [2.75, 3.05) is 24.5 Å². The van der Waals surface area contributed by atoms with E-state index >= 15 is 0 Å². The van der Waals surface area contributed by atoms with Crippen molar-refractivity contribution < 1.29 is 4.79 Å². The van der Waals surface area contributed by atoms with Crippen LogP contribution in [0.25, 0.3) is 5.69 Å². The fourth-order valence-corrected chi connectivity index (χ4v) is 4.30. The van der Waals surface area contributed by atoms with Crippen LogP contribution in [0.4, 0.5) is 5.82 Å². The van der Waals surface area contributed by atoms with Crippen LogP contribution in [0.3, 0.4) is 0 Å². The van der Waals surface area contributed by atoms with Crippen molar-refractivity contribution in [3.05, 3.63) is 87.7 Å². The van der Waals surface area contributed by atoms with Crippen LogP contribution in [-0.2, 0) is 13.0 Å². The van der Waals surface area contributed by atoms with Gasteiger partial charge in [-0.25, -0.2) is 0 Å². The van der Waals surface area contributed by atoms with Crippen LogP contribution in [0.2, 0.25) is 0 Å². The predicted molar refractivity (Wildman–Crippen MR) is 116 cm³/mol. The van der Waals surface area contributed by atoms with Gasteiger partial charge in [-0.1, -0.05) is 24.3 Å². The van der Waals surface area contributed by atoms with Crippen LogP contribution in [0, 0.1) is 0 Å². The second-order valence-electron chi connectivity index (χ2n) is 7.93. The molecule has 2 aromatic carbocycles. The molecule has 1 saturated heterocycles. The fourth-order valence-electron chi connectivity index (χ4n) is 4.30. The lowest BCUT2D eigenvalue weighted by Gasteiger charge is -2.29. The van der Waals surface area contributed by atoms with Crippen molar-refractivity contribution in [1.29, 1.82) is 0 Å². The SMILES string of the molecule is O=C(c1ccc(-n2nc(N3CCCC3)ccc2=O)cc1)N1CCc2ccccc2C1. The first-order valence-electron chi connectivity index (χ1n) is 10.5. The first-order chi connectivity index (χ1) is 14.7. The van der Waals surface area contributed by atoms with E-state index in [0.29, 0.717) is 17.8 Å². The van der Waals surface area contributed by atoms with Crippen molar-refractivity contribution in [2.24, 2.45) is 0 Å². The van der Waals surface area contributed by atoms with Crippen molar-refractivity contribution in [2.45, 2.75) is 25.8 Å². The molecule has 6 nitrogen and oxygen atoms in total. The van der Waals surface area contributed by atoms with Crippen LogP contribution < -0.4 is 10.5 Å². The van der Waals surface area contributed by atoms with Crippen LogP contribution in [0.1, 0.15) is 34.3 Å². The summed E-state index contributed by atoms with van der Waals surface area (Å²) in [6, 6.07) is 18.8. The molecule has 0 bridgehead atoms. The van der Waals surface area contributed by atoms with Gasteiger partial charge in [0.15, 0.2) is 0 Å². The molecule has 6 heteroatoms. The third-order valence-electron chi connectivity index (χ3n) is 5.99. The lowest BCUT2D eigenvalue weighted by atomic mass is 9.99. The number of amides is 1. The molecule has 3 heterocycles. The number of nitrogens with zero attached hydrogens (tertiary/aromatic N) is 4. The highest BCUT2D eigenvalue weighted by Gasteiger charge is 2.21. The third kappa shape index (κ3) is 3.49. The van der Waals surface area contributed by atoms with Crippen LogP contribution in [0.15, 0.2) is 65.5 Å². The maximum atomic E-state index is 13.0. The molecular weight excluding hydrogens is 376 g/mol. The van der Waals surface area contributed by atoms with Crippen LogP contribution in [-0.4, -0.2) is 40.2 Å². The van der Waals surface area contributed by atoms with Gasteiger partial charge in [-0.2, -0.15) is 4.68 Å². The van der Waals surface area contributed by atoms with E-state index in [2.05, 4.69) is 22.1 Å². The van der Waals surface area contributed by atoms with E-state index in [9.17, 15) is 9.59 Å². The molecule has 0 radical (unpaired) electrons. The van der Waals surface area contributed by atoms with Crippen LogP contribution >= 0.6 is 0 Å². The quantitative estimate of drug-likeness (QED) is 0.678. The summed E-state index contributed by atoms with van der Waals surface area (Å²) in [5, 5.41) is 4.55. The summed E-state index contributed by atoms with van der Waals surface area (Å²) in [6.45, 7) is 3.29. The number of anilines is 1. The van der Waals surface area contributed by atoms with Crippen molar-refractivity contribution in [3.8, 4) is 5.69 Å². The number of hydrogen-bond acceptors (Lipinski definition) is 4. The van der Waals surface area contributed by atoms with E-state index in [-0.39, 0.29) is 11.5 Å². The molecule has 152 valence electrons. The number of aromatic nitrogens is 2. The van der Waals surface area contributed by atoms with Gasteiger partial charge in [-0.15, -0.1) is 5.10 Å². The minimum absolute atomic E-state index is 0.0159. The number of rotatable bonds is 3. The zero-order valence-corrected chi connectivity index (χ0v) is 16.8. The van der Waals surface area contributed by atoms with Crippen molar-refractivity contribution >= 4 is 11.7 Å². The summed E-state index contributed by atoms with van der Waals surface area (Å²) in [6.07, 6.45) is 3.18. The largest absolute Gasteiger partial charge is 0.355 e. The first-order valence-corrected chi connectivity index (χ1v) is 10.5. The fraction of sp³-hybridized carbons (Fsp3) is 0.292. The van der Waals surface area contributed by atoms with Gasteiger partial charge in [0.05, 0.1) is 5.69 Å². The Morgan fingerprint density at radius 2 is 1.57 bits per heavy atom. The van der Waals surface area contributed by atoms with E-state index in [1.165, 1.54) is 15.8 Å². The van der Waals surface area contributed by atoms with E-state index in [1.54, 1.807) is 36.4 Å². The third-order valence-corrected chi connectivity index (χ3v) is 5.99. The molecular formula is C24H24N4O2. The summed E-state index contributed by atoms with van der Waals surface area (Å²) < 4.78 is 1.42. The Hall–Kier alpha value is -3.41. The molecule has 0 atom stereocenters. The zero-order chi connectivity index (χ0) is 20.5. The lowest BCUT2D eigenvalue weighted by Crippen LogP contribution is -2.35. The Kier molecular flexibility index (Phi) is 4.83. The number of carbonyl (C=O) groups is 1. The Morgan fingerprint density at radius 1 is 0.833 bits per heavy atom. The number of hydrogen-bond donors (Lipinski definition) is 0. The van der Waals surface area contributed by atoms with E-state index in [1.807, 2.05) is 17.0 Å². The number of carbonyl (C=O) groups excluding carboxylic acids is 1. The Bertz CT molecular complexity index is 1130. The standard InChI is InChI=1S/C24H24N4O2/c29-23-12-11-22(26-14-3-4-15-26)25-28(23)21-9-7-19(8-10-21)24(30)27-16-13-18-5-1-2-6-20(18)17-27/h1-2,5-12H,3-4,13-17H2. The Labute approximate surface area is 175 Å². The molecule has 0 aliphatic carbocycles. The molecule has 1 fully saturated rings. The van der Waals surface area contributed by atoms with Gasteiger partial charge in [-0.3, -0.25) is 9.59 Å². The van der Waals surface area contributed by atoms with Crippen molar-refractivity contribution in [3.63, 3.8) is 0 Å². The van der Waals surface area contributed by atoms with E-state index < -0.39 is 0 Å². The molecule has 0 spiro atoms. The average molecular weight is 400 g/mol. The summed E-state index contributed by atoms with van der Waals surface area (Å²) in [5.74, 6) is 0.835. The van der Waals surface area contributed by atoms with Gasteiger partial charge in [0.25, 0.3) is 11.5 Å². The highest BCUT2D eigenvalue weighted by molar-refractivity contribution is 5.94. The smallest absolute Gasteiger partial charge is 0.271 e. The second kappa shape index (κ2) is 7.78. The van der Waals surface area contributed by atoms with E-state index in [4.69, 9.17) is 0 Å². The molecule has 5 rings (SSSR count). The monoisotopic (exact) mass is 400 g/mol. The molecule has 0 unspecified atom stereocenters. The minimum Gasteiger partial charge on any atom is -0.355 e. The number of fused-ring (bicyclic) bond motifs is 1. The first kappa shape index (κ1) is 18.6. The molecule has 1 aromatic heterocycles. The summed E-state index contributed by atoms with van der Waals surface area (Å²) >= 11 is 0. The van der Waals surface area contributed by atoms with Gasteiger partial charge in [0.1, 0.15) is 5.82 Å². The summed E-state index contributed by atoms with van der Waals surface area (Å²) in [7, 11) is 0. The van der Waals surface area contributed by atoms with Gasteiger partial charge in [0.2, 0.25) is 0 Å². The number of benzene rings is 2. The van der Waals surface area contributed by atoms with Gasteiger partial charge >= 0.3 is 0 Å². The Morgan fingerprint density at radius 3 is 2.33 bits per heavy atom.